The fourth-order valence-electron chi connectivity index (χ4n) is 2.48. The van der Waals surface area contributed by atoms with Gasteiger partial charge in [-0.1, -0.05) is 0 Å². The van der Waals surface area contributed by atoms with Crippen LogP contribution >= 0.6 is 0 Å². The zero-order valence-electron chi connectivity index (χ0n) is 12.3. The van der Waals surface area contributed by atoms with Gasteiger partial charge in [-0.25, -0.2) is 0 Å². The second kappa shape index (κ2) is 5.35. The van der Waals surface area contributed by atoms with Crippen molar-refractivity contribution in [1.82, 2.24) is 9.88 Å². The van der Waals surface area contributed by atoms with Gasteiger partial charge in [0, 0.05) is 24.4 Å². The molecule has 6 heteroatoms. The number of hydrogen-bond acceptors (Lipinski definition) is 4. The SMILES string of the molecule is Cc1oc(-n2cccc2)c(C#N)c1C(=O)NCC1(CO)CC1. The zero-order chi connectivity index (χ0) is 15.7. The molecule has 22 heavy (non-hydrogen) atoms. The lowest BCUT2D eigenvalue weighted by Gasteiger charge is -2.12. The minimum atomic E-state index is -0.337. The predicted molar refractivity (Wildman–Crippen MR) is 78.6 cm³/mol. The van der Waals surface area contributed by atoms with Gasteiger partial charge >= 0.3 is 0 Å². The number of nitrogens with one attached hydrogen (secondary N) is 1. The second-order valence-electron chi connectivity index (χ2n) is 5.76. The number of carbonyl (C=O) groups is 1. The Morgan fingerprint density at radius 1 is 1.50 bits per heavy atom. The van der Waals surface area contributed by atoms with Crippen LogP contribution in [0, 0.1) is 23.7 Å². The van der Waals surface area contributed by atoms with Crippen molar-refractivity contribution in [3.05, 3.63) is 41.4 Å². The molecule has 1 amide bonds. The van der Waals surface area contributed by atoms with Gasteiger partial charge in [0.2, 0.25) is 5.88 Å². The van der Waals surface area contributed by atoms with E-state index < -0.39 is 0 Å². The first-order valence-electron chi connectivity index (χ1n) is 7.16. The predicted octanol–water partition coefficient (Wildman–Crippen LogP) is 1.75. The van der Waals surface area contributed by atoms with E-state index in [-0.39, 0.29) is 29.1 Å². The summed E-state index contributed by atoms with van der Waals surface area (Å²) in [5.74, 6) is 0.418. The van der Waals surface area contributed by atoms with Crippen LogP contribution in [0.5, 0.6) is 0 Å². The van der Waals surface area contributed by atoms with E-state index >= 15 is 0 Å². The van der Waals surface area contributed by atoms with Crippen molar-refractivity contribution >= 4 is 5.91 Å². The third-order valence-electron chi connectivity index (χ3n) is 4.16. The van der Waals surface area contributed by atoms with Crippen molar-refractivity contribution in [2.24, 2.45) is 5.41 Å². The quantitative estimate of drug-likeness (QED) is 0.880. The highest BCUT2D eigenvalue weighted by molar-refractivity contribution is 5.98. The third kappa shape index (κ3) is 2.40. The van der Waals surface area contributed by atoms with E-state index in [1.165, 1.54) is 0 Å². The van der Waals surface area contributed by atoms with Crippen LogP contribution in [0.15, 0.2) is 28.9 Å². The number of hydrogen-bond donors (Lipinski definition) is 2. The summed E-state index contributed by atoms with van der Waals surface area (Å²) in [5.41, 5.74) is 0.309. The number of aromatic nitrogens is 1. The molecule has 0 aromatic carbocycles. The molecule has 0 unspecified atom stereocenters. The molecule has 2 aromatic rings. The lowest BCUT2D eigenvalue weighted by molar-refractivity contribution is 0.0933. The standard InChI is InChI=1S/C16H17N3O3/c1-11-13(14(21)18-9-16(10-20)4-5-16)12(8-17)15(22-11)19-6-2-3-7-19/h2-3,6-7,20H,4-5,9-10H2,1H3,(H,18,21). The van der Waals surface area contributed by atoms with Crippen LogP contribution in [0.3, 0.4) is 0 Å². The van der Waals surface area contributed by atoms with E-state index in [9.17, 15) is 15.2 Å². The molecule has 2 N–H and O–H groups in total. The number of amides is 1. The van der Waals surface area contributed by atoms with Crippen LogP contribution in [0.1, 0.15) is 34.5 Å². The summed E-state index contributed by atoms with van der Waals surface area (Å²) in [6, 6.07) is 5.69. The summed E-state index contributed by atoms with van der Waals surface area (Å²) in [7, 11) is 0. The van der Waals surface area contributed by atoms with Crippen LogP contribution in [-0.4, -0.2) is 28.7 Å². The van der Waals surface area contributed by atoms with Gasteiger partial charge in [0.05, 0.1) is 6.61 Å². The normalized spacial score (nSPS) is 15.3. The lowest BCUT2D eigenvalue weighted by Crippen LogP contribution is -2.32. The fraction of sp³-hybridized carbons (Fsp3) is 0.375. The number of furan rings is 1. The zero-order valence-corrected chi connectivity index (χ0v) is 12.3. The first kappa shape index (κ1) is 14.4. The number of nitriles is 1. The van der Waals surface area contributed by atoms with E-state index in [4.69, 9.17) is 4.42 Å². The van der Waals surface area contributed by atoms with Crippen molar-refractivity contribution in [2.75, 3.05) is 13.2 Å². The summed E-state index contributed by atoms with van der Waals surface area (Å²) >= 11 is 0. The number of carbonyl (C=O) groups excluding carboxylic acids is 1. The molecule has 0 bridgehead atoms. The minimum Gasteiger partial charge on any atom is -0.443 e. The smallest absolute Gasteiger partial charge is 0.256 e. The number of rotatable bonds is 5. The molecule has 3 rings (SSSR count). The molecule has 0 spiro atoms. The number of aryl methyl sites for hydroxylation is 1. The minimum absolute atomic E-state index is 0.0668. The van der Waals surface area contributed by atoms with Gasteiger partial charge in [-0.15, -0.1) is 0 Å². The molecular formula is C16H17N3O3. The number of aliphatic hydroxyl groups is 1. The maximum atomic E-state index is 12.4. The Morgan fingerprint density at radius 2 is 2.18 bits per heavy atom. The fourth-order valence-corrected chi connectivity index (χ4v) is 2.48. The van der Waals surface area contributed by atoms with E-state index in [0.717, 1.165) is 12.8 Å². The van der Waals surface area contributed by atoms with Crippen molar-refractivity contribution in [1.29, 1.82) is 5.26 Å². The summed E-state index contributed by atoms with van der Waals surface area (Å²) in [4.78, 5) is 12.4. The highest BCUT2D eigenvalue weighted by Gasteiger charge is 2.42. The van der Waals surface area contributed by atoms with Crippen LogP contribution in [0.2, 0.25) is 0 Å². The van der Waals surface area contributed by atoms with Crippen molar-refractivity contribution in [3.63, 3.8) is 0 Å². The monoisotopic (exact) mass is 299 g/mol. The molecule has 1 aliphatic rings. The summed E-state index contributed by atoms with van der Waals surface area (Å²) in [5, 5.41) is 21.5. The van der Waals surface area contributed by atoms with Crippen LogP contribution in [-0.2, 0) is 0 Å². The van der Waals surface area contributed by atoms with Gasteiger partial charge in [-0.05, 0) is 31.9 Å². The van der Waals surface area contributed by atoms with Gasteiger partial charge in [-0.3, -0.25) is 9.36 Å². The summed E-state index contributed by atoms with van der Waals surface area (Å²) in [6.07, 6.45) is 5.33. The topological polar surface area (TPSA) is 91.2 Å². The molecule has 6 nitrogen and oxygen atoms in total. The Kier molecular flexibility index (Phi) is 3.51. The Labute approximate surface area is 128 Å². The molecule has 2 aromatic heterocycles. The molecule has 1 saturated carbocycles. The van der Waals surface area contributed by atoms with Crippen molar-refractivity contribution < 1.29 is 14.3 Å². The highest BCUT2D eigenvalue weighted by atomic mass is 16.4. The molecule has 114 valence electrons. The highest BCUT2D eigenvalue weighted by Crippen LogP contribution is 2.44. The maximum Gasteiger partial charge on any atom is 0.256 e. The van der Waals surface area contributed by atoms with E-state index in [2.05, 4.69) is 11.4 Å². The molecular weight excluding hydrogens is 282 g/mol. The number of nitrogens with zero attached hydrogens (tertiary/aromatic N) is 2. The van der Waals surface area contributed by atoms with Gasteiger partial charge in [0.1, 0.15) is 23.0 Å². The molecule has 0 saturated heterocycles. The second-order valence-corrected chi connectivity index (χ2v) is 5.76. The third-order valence-corrected chi connectivity index (χ3v) is 4.16. The molecule has 2 heterocycles. The first-order chi connectivity index (χ1) is 10.6. The van der Waals surface area contributed by atoms with Crippen LogP contribution < -0.4 is 5.32 Å². The Bertz CT molecular complexity index is 734. The van der Waals surface area contributed by atoms with E-state index in [1.54, 1.807) is 23.9 Å². The molecule has 0 aliphatic heterocycles. The Balaban J connectivity index is 1.87. The average Bonchev–Trinajstić information content (AvgIpc) is 2.95. The average molecular weight is 299 g/mol. The van der Waals surface area contributed by atoms with Gasteiger partial charge in [0.15, 0.2) is 0 Å². The molecule has 1 aliphatic carbocycles. The van der Waals surface area contributed by atoms with Crippen LogP contribution in [0.25, 0.3) is 5.88 Å². The van der Waals surface area contributed by atoms with Gasteiger partial charge in [-0.2, -0.15) is 5.26 Å². The molecule has 1 fully saturated rings. The number of aliphatic hydroxyl groups excluding tert-OH is 1. The van der Waals surface area contributed by atoms with Gasteiger partial charge in [0.25, 0.3) is 5.91 Å². The van der Waals surface area contributed by atoms with E-state index in [0.29, 0.717) is 18.2 Å². The Hall–Kier alpha value is -2.52. The van der Waals surface area contributed by atoms with Crippen molar-refractivity contribution in [3.8, 4) is 12.0 Å². The molecule has 0 radical (unpaired) electrons. The summed E-state index contributed by atoms with van der Waals surface area (Å²) < 4.78 is 7.27. The summed E-state index contributed by atoms with van der Waals surface area (Å²) in [6.45, 7) is 2.15. The van der Waals surface area contributed by atoms with Crippen molar-refractivity contribution in [2.45, 2.75) is 19.8 Å². The van der Waals surface area contributed by atoms with Gasteiger partial charge < -0.3 is 14.8 Å². The van der Waals surface area contributed by atoms with Crippen LogP contribution in [0.4, 0.5) is 0 Å². The Morgan fingerprint density at radius 3 is 2.73 bits per heavy atom. The van der Waals surface area contributed by atoms with E-state index in [1.807, 2.05) is 12.1 Å². The molecule has 0 atom stereocenters. The largest absolute Gasteiger partial charge is 0.443 e. The lowest BCUT2D eigenvalue weighted by atomic mass is 10.1. The maximum absolute atomic E-state index is 12.4. The first-order valence-corrected chi connectivity index (χ1v) is 7.16.